The maximum Gasteiger partial charge on any atom is 0.241 e. The third kappa shape index (κ3) is 4.80. The maximum atomic E-state index is 12.6. The van der Waals surface area contributed by atoms with Crippen LogP contribution in [-0.4, -0.2) is 26.4 Å². The Balaban J connectivity index is 2.15. The molecule has 2 atom stereocenters. The largest absolute Gasteiger partial charge is 0.352 e. The molecule has 0 saturated heterocycles. The van der Waals surface area contributed by atoms with Crippen LogP contribution in [0.4, 0.5) is 0 Å². The van der Waals surface area contributed by atoms with Gasteiger partial charge in [0.15, 0.2) is 0 Å². The van der Waals surface area contributed by atoms with Crippen LogP contribution in [-0.2, 0) is 14.8 Å². The average molecular weight is 353 g/mol. The number of carbonyl (C=O) groups excluding carboxylic acids is 1. The summed E-state index contributed by atoms with van der Waals surface area (Å²) in [6, 6.07) is 6.08. The number of sulfonamides is 1. The zero-order valence-corrected chi connectivity index (χ0v) is 15.5. The third-order valence-electron chi connectivity index (χ3n) is 4.81. The van der Waals surface area contributed by atoms with Gasteiger partial charge in [0.25, 0.3) is 0 Å². The first-order chi connectivity index (χ1) is 11.3. The van der Waals surface area contributed by atoms with Crippen LogP contribution >= 0.6 is 0 Å². The molecule has 6 heteroatoms. The molecule has 2 unspecified atom stereocenters. The highest BCUT2D eigenvalue weighted by Gasteiger charge is 2.31. The van der Waals surface area contributed by atoms with E-state index in [0.717, 1.165) is 37.7 Å². The Labute approximate surface area is 145 Å². The van der Waals surface area contributed by atoms with Crippen molar-refractivity contribution < 1.29 is 13.2 Å². The van der Waals surface area contributed by atoms with Gasteiger partial charge in [-0.15, -0.1) is 0 Å². The van der Waals surface area contributed by atoms with Gasteiger partial charge in [-0.1, -0.05) is 50.8 Å². The highest BCUT2D eigenvalue weighted by Crippen LogP contribution is 2.19. The summed E-state index contributed by atoms with van der Waals surface area (Å²) in [6.45, 7) is 5.76. The first-order valence-corrected chi connectivity index (χ1v) is 10.2. The molecule has 0 spiro atoms. The molecule has 1 aromatic carbocycles. The lowest BCUT2D eigenvalue weighted by Crippen LogP contribution is -2.52. The van der Waals surface area contributed by atoms with E-state index >= 15 is 0 Å². The predicted octanol–water partition coefficient (Wildman–Crippen LogP) is 2.75. The highest BCUT2D eigenvalue weighted by molar-refractivity contribution is 7.89. The first kappa shape index (κ1) is 18.9. The second-order valence-electron chi connectivity index (χ2n) is 6.79. The molecular weight excluding hydrogens is 324 g/mol. The molecule has 1 aliphatic carbocycles. The molecule has 2 rings (SSSR count). The molecule has 134 valence electrons. The van der Waals surface area contributed by atoms with Crippen LogP contribution in [0.25, 0.3) is 0 Å². The molecular formula is C18H28N2O3S. The number of hydrogen-bond acceptors (Lipinski definition) is 3. The Morgan fingerprint density at radius 2 is 1.79 bits per heavy atom. The first-order valence-electron chi connectivity index (χ1n) is 8.73. The van der Waals surface area contributed by atoms with Crippen molar-refractivity contribution in [2.24, 2.45) is 5.92 Å². The molecule has 2 N–H and O–H groups in total. The SMILES string of the molecule is CCC(C)C(NS(=O)(=O)c1ccc(C)cc1)C(=O)NC1CCCC1. The Morgan fingerprint density at radius 1 is 1.21 bits per heavy atom. The monoisotopic (exact) mass is 352 g/mol. The van der Waals surface area contributed by atoms with E-state index in [1.807, 2.05) is 20.8 Å². The van der Waals surface area contributed by atoms with Crippen molar-refractivity contribution in [3.63, 3.8) is 0 Å². The molecule has 0 aliphatic heterocycles. The lowest BCUT2D eigenvalue weighted by molar-refractivity contribution is -0.124. The van der Waals surface area contributed by atoms with Crippen LogP contribution < -0.4 is 10.0 Å². The van der Waals surface area contributed by atoms with Crippen molar-refractivity contribution in [3.8, 4) is 0 Å². The third-order valence-corrected chi connectivity index (χ3v) is 6.27. The molecule has 0 radical (unpaired) electrons. The number of nitrogens with one attached hydrogen (secondary N) is 2. The number of carbonyl (C=O) groups is 1. The van der Waals surface area contributed by atoms with Crippen LogP contribution in [0.5, 0.6) is 0 Å². The summed E-state index contributed by atoms with van der Waals surface area (Å²) in [7, 11) is -3.72. The van der Waals surface area contributed by atoms with E-state index in [-0.39, 0.29) is 22.8 Å². The molecule has 0 aromatic heterocycles. The second-order valence-corrected chi connectivity index (χ2v) is 8.50. The average Bonchev–Trinajstić information content (AvgIpc) is 3.05. The fourth-order valence-electron chi connectivity index (χ4n) is 2.98. The normalized spacial score (nSPS) is 18.3. The zero-order chi connectivity index (χ0) is 17.7. The number of benzene rings is 1. The van der Waals surface area contributed by atoms with Gasteiger partial charge >= 0.3 is 0 Å². The smallest absolute Gasteiger partial charge is 0.241 e. The minimum Gasteiger partial charge on any atom is -0.352 e. The Bertz CT molecular complexity index is 649. The molecule has 1 aromatic rings. The van der Waals surface area contributed by atoms with E-state index in [1.165, 1.54) is 0 Å². The highest BCUT2D eigenvalue weighted by atomic mass is 32.2. The summed E-state index contributed by atoms with van der Waals surface area (Å²) >= 11 is 0. The van der Waals surface area contributed by atoms with Crippen molar-refractivity contribution in [1.82, 2.24) is 10.0 Å². The van der Waals surface area contributed by atoms with E-state index in [2.05, 4.69) is 10.0 Å². The van der Waals surface area contributed by atoms with Crippen LogP contribution in [0, 0.1) is 12.8 Å². The van der Waals surface area contributed by atoms with E-state index in [9.17, 15) is 13.2 Å². The van der Waals surface area contributed by atoms with Crippen molar-refractivity contribution in [2.45, 2.75) is 69.9 Å². The minimum atomic E-state index is -3.72. The quantitative estimate of drug-likeness (QED) is 0.792. The van der Waals surface area contributed by atoms with Crippen LogP contribution in [0.15, 0.2) is 29.2 Å². The summed E-state index contributed by atoms with van der Waals surface area (Å²) in [5, 5.41) is 3.01. The van der Waals surface area contributed by atoms with Crippen molar-refractivity contribution in [3.05, 3.63) is 29.8 Å². The summed E-state index contributed by atoms with van der Waals surface area (Å²) in [4.78, 5) is 12.8. The Hall–Kier alpha value is -1.40. The predicted molar refractivity (Wildman–Crippen MR) is 95.1 cm³/mol. The standard InChI is InChI=1S/C18H28N2O3S/c1-4-14(3)17(18(21)19-15-7-5-6-8-15)20-24(22,23)16-11-9-13(2)10-12-16/h9-12,14-15,17,20H,4-8H2,1-3H3,(H,19,21). The minimum absolute atomic E-state index is 0.0772. The van der Waals surface area contributed by atoms with Crippen LogP contribution in [0.3, 0.4) is 0 Å². The summed E-state index contributed by atoms with van der Waals surface area (Å²) in [5.74, 6) is -0.293. The summed E-state index contributed by atoms with van der Waals surface area (Å²) in [6.07, 6.45) is 4.91. The molecule has 0 heterocycles. The van der Waals surface area contributed by atoms with Gasteiger partial charge in [-0.25, -0.2) is 8.42 Å². The number of aryl methyl sites for hydroxylation is 1. The molecule has 1 fully saturated rings. The topological polar surface area (TPSA) is 75.3 Å². The van der Waals surface area contributed by atoms with Crippen LogP contribution in [0.2, 0.25) is 0 Å². The lowest BCUT2D eigenvalue weighted by atomic mass is 9.99. The van der Waals surface area contributed by atoms with Crippen molar-refractivity contribution in [1.29, 1.82) is 0 Å². The van der Waals surface area contributed by atoms with E-state index in [0.29, 0.717) is 0 Å². The van der Waals surface area contributed by atoms with Crippen molar-refractivity contribution >= 4 is 15.9 Å². The van der Waals surface area contributed by atoms with Gasteiger partial charge < -0.3 is 5.32 Å². The van der Waals surface area contributed by atoms with Crippen molar-refractivity contribution in [2.75, 3.05) is 0 Å². The van der Waals surface area contributed by atoms with E-state index in [1.54, 1.807) is 24.3 Å². The van der Waals surface area contributed by atoms with Gasteiger partial charge in [0.05, 0.1) is 4.90 Å². The summed E-state index contributed by atoms with van der Waals surface area (Å²) < 4.78 is 27.9. The Morgan fingerprint density at radius 3 is 2.33 bits per heavy atom. The Kier molecular flexibility index (Phi) is 6.40. The fourth-order valence-corrected chi connectivity index (χ4v) is 4.28. The molecule has 1 saturated carbocycles. The molecule has 1 aliphatic rings. The lowest BCUT2D eigenvalue weighted by Gasteiger charge is -2.25. The van der Waals surface area contributed by atoms with Crippen LogP contribution in [0.1, 0.15) is 51.5 Å². The van der Waals surface area contributed by atoms with E-state index < -0.39 is 16.1 Å². The number of rotatable bonds is 7. The molecule has 5 nitrogen and oxygen atoms in total. The second kappa shape index (κ2) is 8.12. The van der Waals surface area contributed by atoms with Gasteiger partial charge in [-0.05, 0) is 37.8 Å². The summed E-state index contributed by atoms with van der Waals surface area (Å²) in [5.41, 5.74) is 0.992. The van der Waals surface area contributed by atoms with Gasteiger partial charge in [0.1, 0.15) is 6.04 Å². The number of amides is 1. The van der Waals surface area contributed by atoms with Gasteiger partial charge in [-0.3, -0.25) is 4.79 Å². The van der Waals surface area contributed by atoms with E-state index in [4.69, 9.17) is 0 Å². The van der Waals surface area contributed by atoms with Gasteiger partial charge in [0, 0.05) is 6.04 Å². The van der Waals surface area contributed by atoms with Gasteiger partial charge in [0.2, 0.25) is 15.9 Å². The molecule has 1 amide bonds. The van der Waals surface area contributed by atoms with Gasteiger partial charge in [-0.2, -0.15) is 4.72 Å². The fraction of sp³-hybridized carbons (Fsp3) is 0.611. The molecule has 24 heavy (non-hydrogen) atoms. The molecule has 0 bridgehead atoms. The zero-order valence-electron chi connectivity index (χ0n) is 14.7. The maximum absolute atomic E-state index is 12.6. The number of hydrogen-bond donors (Lipinski definition) is 2.